The third-order valence-electron chi connectivity index (χ3n) is 5.14. The van der Waals surface area contributed by atoms with Crippen LogP contribution in [0.25, 0.3) is 0 Å². The summed E-state index contributed by atoms with van der Waals surface area (Å²) in [6.45, 7) is 3.48. The van der Waals surface area contributed by atoms with Crippen molar-refractivity contribution in [3.05, 3.63) is 35.4 Å². The lowest BCUT2D eigenvalue weighted by Gasteiger charge is -2.43. The molecule has 0 unspecified atom stereocenters. The Kier molecular flexibility index (Phi) is 3.90. The van der Waals surface area contributed by atoms with Gasteiger partial charge in [0.05, 0.1) is 0 Å². The maximum absolute atomic E-state index is 3.46. The van der Waals surface area contributed by atoms with E-state index in [9.17, 15) is 0 Å². The lowest BCUT2D eigenvalue weighted by Crippen LogP contribution is -2.42. The van der Waals surface area contributed by atoms with Crippen LogP contribution in [0.5, 0.6) is 0 Å². The molecule has 1 aliphatic heterocycles. The molecule has 0 amide bonds. The minimum Gasteiger partial charge on any atom is -0.319 e. The molecule has 0 spiro atoms. The molecule has 19 heavy (non-hydrogen) atoms. The van der Waals surface area contributed by atoms with Crippen molar-refractivity contribution in [3.8, 4) is 0 Å². The molecule has 2 fully saturated rings. The van der Waals surface area contributed by atoms with E-state index in [1.165, 1.54) is 45.2 Å². The van der Waals surface area contributed by atoms with Gasteiger partial charge in [-0.25, -0.2) is 0 Å². The van der Waals surface area contributed by atoms with Crippen LogP contribution in [0.1, 0.15) is 49.1 Å². The predicted octanol–water partition coefficient (Wildman–Crippen LogP) is 2.79. The number of nitrogens with one attached hydrogen (secondary N) is 2. The normalized spacial score (nSPS) is 23.0. The number of piperidine rings is 1. The average molecular weight is 258 g/mol. The molecule has 0 aromatic heterocycles. The Bertz CT molecular complexity index is 417. The first-order valence-corrected chi connectivity index (χ1v) is 7.80. The largest absolute Gasteiger partial charge is 0.319 e. The molecule has 1 aromatic carbocycles. The standard InChI is InChI=1S/C17H26N2/c1-18-13-17(8-3-9-17)16-5-2-4-15(12-16)14-6-10-19-11-7-14/h2,4-5,12,14,18-19H,3,6-11,13H2,1H3. The Morgan fingerprint density at radius 1 is 1.26 bits per heavy atom. The van der Waals surface area contributed by atoms with Crippen LogP contribution in [-0.4, -0.2) is 26.7 Å². The molecule has 0 bridgehead atoms. The summed E-state index contributed by atoms with van der Waals surface area (Å²) in [5.74, 6) is 0.771. The fraction of sp³-hybridized carbons (Fsp3) is 0.647. The van der Waals surface area contributed by atoms with Crippen LogP contribution >= 0.6 is 0 Å². The zero-order valence-corrected chi connectivity index (χ0v) is 12.0. The van der Waals surface area contributed by atoms with E-state index in [2.05, 4.69) is 41.9 Å². The Balaban J connectivity index is 1.82. The van der Waals surface area contributed by atoms with Gasteiger partial charge in [-0.15, -0.1) is 0 Å². The van der Waals surface area contributed by atoms with Crippen LogP contribution < -0.4 is 10.6 Å². The van der Waals surface area contributed by atoms with Crippen molar-refractivity contribution in [3.63, 3.8) is 0 Å². The van der Waals surface area contributed by atoms with E-state index in [4.69, 9.17) is 0 Å². The number of benzene rings is 1. The molecule has 1 aromatic rings. The highest BCUT2D eigenvalue weighted by Gasteiger charge is 2.38. The van der Waals surface area contributed by atoms with E-state index >= 15 is 0 Å². The van der Waals surface area contributed by atoms with Crippen molar-refractivity contribution in [2.24, 2.45) is 0 Å². The molecule has 104 valence electrons. The molecular formula is C17H26N2. The summed E-state index contributed by atoms with van der Waals surface area (Å²) in [4.78, 5) is 0. The molecule has 3 rings (SSSR count). The Hall–Kier alpha value is -0.860. The van der Waals surface area contributed by atoms with Gasteiger partial charge in [0, 0.05) is 12.0 Å². The second-order valence-electron chi connectivity index (χ2n) is 6.31. The fourth-order valence-electron chi connectivity index (χ4n) is 3.79. The zero-order chi connectivity index (χ0) is 13.1. The molecule has 1 aliphatic carbocycles. The minimum atomic E-state index is 0.428. The number of likely N-dealkylation sites (N-methyl/N-ethyl adjacent to an activating group) is 1. The van der Waals surface area contributed by atoms with Gasteiger partial charge in [0.1, 0.15) is 0 Å². The maximum Gasteiger partial charge on any atom is 0.00777 e. The SMILES string of the molecule is CNCC1(c2cccc(C3CCNCC3)c2)CCC1. The number of hydrogen-bond acceptors (Lipinski definition) is 2. The van der Waals surface area contributed by atoms with E-state index < -0.39 is 0 Å². The number of hydrogen-bond donors (Lipinski definition) is 2. The number of rotatable bonds is 4. The van der Waals surface area contributed by atoms with Crippen LogP contribution in [0.4, 0.5) is 0 Å². The van der Waals surface area contributed by atoms with Crippen molar-refractivity contribution in [2.75, 3.05) is 26.7 Å². The van der Waals surface area contributed by atoms with Crippen LogP contribution in [0.2, 0.25) is 0 Å². The van der Waals surface area contributed by atoms with Crippen LogP contribution in [0, 0.1) is 0 Å². The lowest BCUT2D eigenvalue weighted by atomic mass is 9.64. The van der Waals surface area contributed by atoms with Crippen LogP contribution in [0.3, 0.4) is 0 Å². The van der Waals surface area contributed by atoms with Gasteiger partial charge in [-0.3, -0.25) is 0 Å². The first-order valence-electron chi connectivity index (χ1n) is 7.80. The molecule has 2 aliphatic rings. The average Bonchev–Trinajstić information content (AvgIpc) is 2.44. The van der Waals surface area contributed by atoms with Gasteiger partial charge < -0.3 is 10.6 Å². The molecule has 0 atom stereocenters. The highest BCUT2D eigenvalue weighted by atomic mass is 14.9. The summed E-state index contributed by atoms with van der Waals surface area (Å²) in [6.07, 6.45) is 6.68. The second kappa shape index (κ2) is 5.64. The first-order chi connectivity index (χ1) is 9.34. The Labute approximate surface area is 117 Å². The highest BCUT2D eigenvalue weighted by molar-refractivity contribution is 5.34. The van der Waals surface area contributed by atoms with Gasteiger partial charge in [-0.05, 0) is 62.9 Å². The van der Waals surface area contributed by atoms with Gasteiger partial charge in [-0.2, -0.15) is 0 Å². The monoisotopic (exact) mass is 258 g/mol. The van der Waals surface area contributed by atoms with E-state index in [1.54, 1.807) is 11.1 Å². The van der Waals surface area contributed by atoms with Crippen molar-refractivity contribution >= 4 is 0 Å². The molecule has 1 heterocycles. The molecular weight excluding hydrogens is 232 g/mol. The summed E-state index contributed by atoms with van der Waals surface area (Å²) < 4.78 is 0. The molecule has 0 radical (unpaired) electrons. The summed E-state index contributed by atoms with van der Waals surface area (Å²) in [5.41, 5.74) is 3.57. The van der Waals surface area contributed by atoms with E-state index in [1.807, 2.05) is 0 Å². The molecule has 2 heteroatoms. The minimum absolute atomic E-state index is 0.428. The second-order valence-corrected chi connectivity index (χ2v) is 6.31. The van der Waals surface area contributed by atoms with Gasteiger partial charge in [0.2, 0.25) is 0 Å². The summed E-state index contributed by atoms with van der Waals surface area (Å²) in [5, 5.41) is 6.86. The summed E-state index contributed by atoms with van der Waals surface area (Å²) in [6, 6.07) is 9.47. The lowest BCUT2D eigenvalue weighted by molar-refractivity contribution is 0.238. The molecule has 1 saturated carbocycles. The first kappa shape index (κ1) is 13.1. The Morgan fingerprint density at radius 3 is 2.68 bits per heavy atom. The predicted molar refractivity (Wildman–Crippen MR) is 80.7 cm³/mol. The van der Waals surface area contributed by atoms with E-state index in [0.29, 0.717) is 5.41 Å². The van der Waals surface area contributed by atoms with Crippen molar-refractivity contribution < 1.29 is 0 Å². The topological polar surface area (TPSA) is 24.1 Å². The van der Waals surface area contributed by atoms with Crippen molar-refractivity contribution in [2.45, 2.75) is 43.4 Å². The highest BCUT2D eigenvalue weighted by Crippen LogP contribution is 2.44. The third-order valence-corrected chi connectivity index (χ3v) is 5.14. The quantitative estimate of drug-likeness (QED) is 0.868. The van der Waals surface area contributed by atoms with E-state index in [0.717, 1.165) is 12.5 Å². The zero-order valence-electron chi connectivity index (χ0n) is 12.0. The van der Waals surface area contributed by atoms with Gasteiger partial charge in [-0.1, -0.05) is 30.7 Å². The molecule has 1 saturated heterocycles. The third kappa shape index (κ3) is 2.56. The van der Waals surface area contributed by atoms with Crippen molar-refractivity contribution in [1.29, 1.82) is 0 Å². The van der Waals surface area contributed by atoms with Gasteiger partial charge in [0.15, 0.2) is 0 Å². The van der Waals surface area contributed by atoms with E-state index in [-0.39, 0.29) is 0 Å². The van der Waals surface area contributed by atoms with Crippen LogP contribution in [0.15, 0.2) is 24.3 Å². The Morgan fingerprint density at radius 2 is 2.05 bits per heavy atom. The summed E-state index contributed by atoms with van der Waals surface area (Å²) in [7, 11) is 2.08. The van der Waals surface area contributed by atoms with Crippen LogP contribution in [-0.2, 0) is 5.41 Å². The van der Waals surface area contributed by atoms with Gasteiger partial charge in [0.25, 0.3) is 0 Å². The van der Waals surface area contributed by atoms with Crippen molar-refractivity contribution in [1.82, 2.24) is 10.6 Å². The maximum atomic E-state index is 3.46. The fourth-order valence-corrected chi connectivity index (χ4v) is 3.79. The van der Waals surface area contributed by atoms with Gasteiger partial charge >= 0.3 is 0 Å². The molecule has 2 N–H and O–H groups in total. The smallest absolute Gasteiger partial charge is 0.00777 e. The molecule has 2 nitrogen and oxygen atoms in total. The summed E-state index contributed by atoms with van der Waals surface area (Å²) >= 11 is 0.